The van der Waals surface area contributed by atoms with Gasteiger partial charge in [0, 0.05) is 18.8 Å². The molecule has 2 bridgehead atoms. The monoisotopic (exact) mass is 561 g/mol. The van der Waals surface area contributed by atoms with Crippen LogP contribution in [0.2, 0.25) is 0 Å². The van der Waals surface area contributed by atoms with Gasteiger partial charge in [-0.3, -0.25) is 19.3 Å². The normalized spacial score (nSPS) is 24.1. The fraction of sp³-hybridized carbons (Fsp3) is 0.355. The SMILES string of the molecule is C=C(C)OCOc1c2n(ccc1=O)N([C@@H]1c3ccccc3C3CC(C3)c3c1ccc(F)c3F)[C@@H]1COCCN1C2=O. The molecule has 2 fully saturated rings. The van der Waals surface area contributed by atoms with Crippen molar-refractivity contribution in [2.45, 2.75) is 43.8 Å². The second kappa shape index (κ2) is 9.73. The highest BCUT2D eigenvalue weighted by atomic mass is 19.2. The van der Waals surface area contributed by atoms with Crippen LogP contribution >= 0.6 is 0 Å². The quantitative estimate of drug-likeness (QED) is 0.337. The number of hydrogen-bond donors (Lipinski definition) is 0. The molecular formula is C31H29F2N3O5. The van der Waals surface area contributed by atoms with E-state index in [4.69, 9.17) is 14.2 Å². The Labute approximate surface area is 235 Å². The van der Waals surface area contributed by atoms with E-state index in [1.807, 2.05) is 23.2 Å². The molecule has 212 valence electrons. The number of morpholine rings is 1. The van der Waals surface area contributed by atoms with Gasteiger partial charge in [0.2, 0.25) is 18.0 Å². The summed E-state index contributed by atoms with van der Waals surface area (Å²) in [5.41, 5.74) is 2.62. The third kappa shape index (κ3) is 3.95. The summed E-state index contributed by atoms with van der Waals surface area (Å²) in [6.45, 7) is 5.83. The molecule has 2 aromatic carbocycles. The third-order valence-corrected chi connectivity index (χ3v) is 8.67. The molecule has 3 aromatic rings. The number of pyridine rings is 1. The van der Waals surface area contributed by atoms with E-state index in [1.54, 1.807) is 22.6 Å². The van der Waals surface area contributed by atoms with Crippen molar-refractivity contribution in [1.82, 2.24) is 9.58 Å². The van der Waals surface area contributed by atoms with Gasteiger partial charge >= 0.3 is 0 Å². The minimum atomic E-state index is -0.881. The standard InChI is InChI=1S/C31H29F2N3O5/c1-17(2)40-16-41-30-24(37)9-10-35-29(30)31(38)34-11-12-39-15-25(34)36(35)28-21-6-4-3-5-20(21)18-13-19(14-18)26-22(28)7-8-23(32)27(26)33/h3-10,18-19,25,28H,1,11-16H2,2H3/t18?,19?,25-,28-/m1/s1. The highest BCUT2D eigenvalue weighted by Gasteiger charge is 2.49. The number of aromatic nitrogens is 1. The predicted molar refractivity (Wildman–Crippen MR) is 145 cm³/mol. The maximum Gasteiger partial charge on any atom is 0.278 e. The number of amides is 1. The molecule has 1 saturated carbocycles. The van der Waals surface area contributed by atoms with Gasteiger partial charge in [0.1, 0.15) is 6.17 Å². The van der Waals surface area contributed by atoms with Crippen LogP contribution in [0.3, 0.4) is 0 Å². The number of rotatable bonds is 5. The summed E-state index contributed by atoms with van der Waals surface area (Å²) in [6, 6.07) is 11.6. The Morgan fingerprint density at radius 3 is 2.61 bits per heavy atom. The van der Waals surface area contributed by atoms with E-state index in [0.29, 0.717) is 23.5 Å². The Morgan fingerprint density at radius 1 is 1.05 bits per heavy atom. The van der Waals surface area contributed by atoms with Crippen LogP contribution in [0.25, 0.3) is 0 Å². The predicted octanol–water partition coefficient (Wildman–Crippen LogP) is 4.53. The maximum atomic E-state index is 15.6. The van der Waals surface area contributed by atoms with E-state index in [-0.39, 0.29) is 49.1 Å². The largest absolute Gasteiger partial charge is 0.463 e. The molecule has 0 unspecified atom stereocenters. The summed E-state index contributed by atoms with van der Waals surface area (Å²) < 4.78 is 48.9. The topological polar surface area (TPSA) is 73.2 Å². The molecule has 1 amide bonds. The molecular weight excluding hydrogens is 532 g/mol. The zero-order valence-corrected chi connectivity index (χ0v) is 22.5. The van der Waals surface area contributed by atoms with Gasteiger partial charge in [0.05, 0.1) is 25.0 Å². The lowest BCUT2D eigenvalue weighted by Crippen LogP contribution is -2.66. The van der Waals surface area contributed by atoms with Crippen LogP contribution in [0.15, 0.2) is 65.8 Å². The Kier molecular flexibility index (Phi) is 6.11. The summed E-state index contributed by atoms with van der Waals surface area (Å²) in [6.07, 6.45) is 2.42. The number of allylic oxidation sites excluding steroid dienone is 1. The fourth-order valence-electron chi connectivity index (χ4n) is 6.77. The van der Waals surface area contributed by atoms with Gasteiger partial charge in [-0.15, -0.1) is 0 Å². The summed E-state index contributed by atoms with van der Waals surface area (Å²) in [5, 5.41) is 1.95. The Bertz CT molecular complexity index is 1630. The molecule has 3 heterocycles. The second-order valence-electron chi connectivity index (χ2n) is 11.0. The van der Waals surface area contributed by atoms with Gasteiger partial charge in [-0.25, -0.2) is 8.78 Å². The van der Waals surface area contributed by atoms with E-state index in [9.17, 15) is 14.0 Å². The van der Waals surface area contributed by atoms with Crippen molar-refractivity contribution in [2.75, 3.05) is 31.6 Å². The Morgan fingerprint density at radius 2 is 1.83 bits per heavy atom. The number of fused-ring (bicyclic) bond motifs is 2. The van der Waals surface area contributed by atoms with Crippen molar-refractivity contribution < 1.29 is 27.8 Å². The number of carbonyl (C=O) groups excluding carboxylic acids is 1. The fourth-order valence-corrected chi connectivity index (χ4v) is 6.77. The first kappa shape index (κ1) is 25.8. The molecule has 0 spiro atoms. The highest BCUT2D eigenvalue weighted by molar-refractivity contribution is 5.96. The van der Waals surface area contributed by atoms with E-state index in [1.165, 1.54) is 18.3 Å². The molecule has 8 rings (SSSR count). The first-order valence-corrected chi connectivity index (χ1v) is 13.8. The average molecular weight is 562 g/mol. The molecule has 0 N–H and O–H groups in total. The minimum Gasteiger partial charge on any atom is -0.463 e. The summed E-state index contributed by atoms with van der Waals surface area (Å²) in [5.74, 6) is -1.78. The van der Waals surface area contributed by atoms with Crippen molar-refractivity contribution in [1.29, 1.82) is 0 Å². The zero-order chi connectivity index (χ0) is 28.4. The number of hydrogen-bond acceptors (Lipinski definition) is 6. The smallest absolute Gasteiger partial charge is 0.278 e. The number of carbonyl (C=O) groups is 1. The number of halogens is 2. The van der Waals surface area contributed by atoms with E-state index < -0.39 is 29.3 Å². The van der Waals surface area contributed by atoms with E-state index >= 15 is 4.39 Å². The van der Waals surface area contributed by atoms with Crippen LogP contribution in [0.4, 0.5) is 8.78 Å². The molecule has 8 nitrogen and oxygen atoms in total. The van der Waals surface area contributed by atoms with Gasteiger partial charge in [0.15, 0.2) is 17.3 Å². The zero-order valence-electron chi connectivity index (χ0n) is 22.5. The van der Waals surface area contributed by atoms with Crippen molar-refractivity contribution in [2.24, 2.45) is 0 Å². The molecule has 0 radical (unpaired) electrons. The molecule has 3 aliphatic carbocycles. The van der Waals surface area contributed by atoms with Crippen LogP contribution in [-0.4, -0.2) is 48.2 Å². The highest BCUT2D eigenvalue weighted by Crippen LogP contribution is 2.55. The summed E-state index contributed by atoms with van der Waals surface area (Å²) in [7, 11) is 0. The lowest BCUT2D eigenvalue weighted by Gasteiger charge is -2.53. The molecule has 2 aliphatic heterocycles. The number of nitrogens with zero attached hydrogens (tertiary/aromatic N) is 3. The maximum absolute atomic E-state index is 15.6. The number of ether oxygens (including phenoxy) is 3. The summed E-state index contributed by atoms with van der Waals surface area (Å²) in [4.78, 5) is 28.7. The van der Waals surface area contributed by atoms with Crippen LogP contribution in [0, 0.1) is 11.6 Å². The Balaban J connectivity index is 1.49. The molecule has 5 aliphatic rings. The number of benzene rings is 2. The molecule has 2 atom stereocenters. The van der Waals surface area contributed by atoms with Gasteiger partial charge in [-0.2, -0.15) is 0 Å². The second-order valence-corrected chi connectivity index (χ2v) is 11.0. The molecule has 1 saturated heterocycles. The Hall–Kier alpha value is -4.18. The summed E-state index contributed by atoms with van der Waals surface area (Å²) >= 11 is 0. The van der Waals surface area contributed by atoms with Crippen LogP contribution in [0.5, 0.6) is 5.75 Å². The van der Waals surface area contributed by atoms with Crippen molar-refractivity contribution in [3.05, 3.63) is 111 Å². The molecule has 41 heavy (non-hydrogen) atoms. The van der Waals surface area contributed by atoms with Crippen molar-refractivity contribution in [3.63, 3.8) is 0 Å². The molecule has 10 heteroatoms. The van der Waals surface area contributed by atoms with Gasteiger partial charge in [-0.1, -0.05) is 36.9 Å². The van der Waals surface area contributed by atoms with Crippen LogP contribution in [-0.2, 0) is 9.47 Å². The van der Waals surface area contributed by atoms with Crippen molar-refractivity contribution in [3.8, 4) is 5.75 Å². The lowest BCUT2D eigenvalue weighted by atomic mass is 9.63. The van der Waals surface area contributed by atoms with Gasteiger partial charge in [-0.05, 0) is 59.9 Å². The van der Waals surface area contributed by atoms with Gasteiger partial charge in [0.25, 0.3) is 5.91 Å². The first-order chi connectivity index (χ1) is 19.8. The first-order valence-electron chi connectivity index (χ1n) is 13.8. The minimum absolute atomic E-state index is 0.0369. The third-order valence-electron chi connectivity index (χ3n) is 8.67. The van der Waals surface area contributed by atoms with Gasteiger partial charge < -0.3 is 19.1 Å². The van der Waals surface area contributed by atoms with E-state index in [0.717, 1.165) is 24.0 Å². The van der Waals surface area contributed by atoms with Crippen molar-refractivity contribution >= 4 is 5.91 Å². The molecule has 1 aromatic heterocycles. The van der Waals surface area contributed by atoms with Crippen LogP contribution < -0.4 is 15.2 Å². The average Bonchev–Trinajstić information content (AvgIpc) is 2.93. The lowest BCUT2D eigenvalue weighted by molar-refractivity contribution is -0.0205. The van der Waals surface area contributed by atoms with E-state index in [2.05, 4.69) is 12.6 Å². The van der Waals surface area contributed by atoms with Crippen LogP contribution in [0.1, 0.15) is 70.4 Å².